The van der Waals surface area contributed by atoms with Gasteiger partial charge in [0, 0.05) is 62.6 Å². The summed E-state index contributed by atoms with van der Waals surface area (Å²) in [4.78, 5) is 34.3. The van der Waals surface area contributed by atoms with Crippen LogP contribution in [-0.4, -0.2) is 66.0 Å². The molecule has 1 aromatic rings. The Morgan fingerprint density at radius 1 is 1.10 bits per heavy atom. The molecule has 0 bridgehead atoms. The van der Waals surface area contributed by atoms with Gasteiger partial charge in [-0.05, 0) is 56.1 Å². The Balaban J connectivity index is 1.16. The topological polar surface area (TPSA) is 62.7 Å². The molecule has 2 atom stereocenters. The minimum atomic E-state index is 0.0453. The smallest absolute Gasteiger partial charge is 0.227 e. The van der Waals surface area contributed by atoms with Gasteiger partial charge in [-0.1, -0.05) is 6.07 Å². The molecule has 1 saturated carbocycles. The van der Waals surface area contributed by atoms with Crippen LogP contribution in [0.5, 0.6) is 0 Å². The second-order valence-corrected chi connectivity index (χ2v) is 9.79. The van der Waals surface area contributed by atoms with Crippen LogP contribution in [0.15, 0.2) is 18.3 Å². The van der Waals surface area contributed by atoms with Crippen LogP contribution in [0, 0.1) is 23.7 Å². The van der Waals surface area contributed by atoms with Gasteiger partial charge >= 0.3 is 0 Å². The summed E-state index contributed by atoms with van der Waals surface area (Å²) >= 11 is 0. The predicted octanol–water partition coefficient (Wildman–Crippen LogP) is 2.20. The van der Waals surface area contributed by atoms with Gasteiger partial charge in [0.15, 0.2) is 0 Å². The van der Waals surface area contributed by atoms with E-state index in [9.17, 15) is 9.59 Å². The molecule has 2 spiro atoms. The largest absolute Gasteiger partial charge is 0.381 e. The number of hydrogen-bond acceptors (Lipinski definition) is 4. The van der Waals surface area contributed by atoms with Gasteiger partial charge in [-0.25, -0.2) is 0 Å². The first-order valence-electron chi connectivity index (χ1n) is 11.0. The van der Waals surface area contributed by atoms with Crippen LogP contribution in [0.25, 0.3) is 0 Å². The van der Waals surface area contributed by atoms with Crippen LogP contribution in [0.3, 0.4) is 0 Å². The van der Waals surface area contributed by atoms with E-state index in [1.165, 1.54) is 0 Å². The number of carbonyl (C=O) groups excluding carboxylic acids is 2. The van der Waals surface area contributed by atoms with E-state index in [-0.39, 0.29) is 17.2 Å². The highest BCUT2D eigenvalue weighted by Crippen LogP contribution is 2.59. The van der Waals surface area contributed by atoms with Gasteiger partial charge in [0.25, 0.3) is 0 Å². The fraction of sp³-hybridized carbons (Fsp3) is 0.696. The molecule has 1 aromatic heterocycles. The lowest BCUT2D eigenvalue weighted by Crippen LogP contribution is -2.37. The molecule has 1 aliphatic carbocycles. The third kappa shape index (κ3) is 3.56. The molecule has 156 valence electrons. The highest BCUT2D eigenvalue weighted by atomic mass is 16.5. The molecule has 4 heterocycles. The summed E-state index contributed by atoms with van der Waals surface area (Å²) in [6, 6.07) is 3.93. The molecule has 2 unspecified atom stereocenters. The fourth-order valence-corrected chi connectivity index (χ4v) is 5.70. The lowest BCUT2D eigenvalue weighted by Gasteiger charge is -2.33. The van der Waals surface area contributed by atoms with Gasteiger partial charge < -0.3 is 14.5 Å². The molecule has 2 amide bonds. The number of aryl methyl sites for hydroxylation is 1. The fourth-order valence-electron chi connectivity index (χ4n) is 5.70. The van der Waals surface area contributed by atoms with E-state index >= 15 is 0 Å². The van der Waals surface area contributed by atoms with Crippen molar-refractivity contribution in [2.45, 2.75) is 45.4 Å². The van der Waals surface area contributed by atoms with Crippen molar-refractivity contribution in [1.29, 1.82) is 0 Å². The first kappa shape index (κ1) is 19.0. The van der Waals surface area contributed by atoms with Gasteiger partial charge in [0.2, 0.25) is 11.8 Å². The van der Waals surface area contributed by atoms with Crippen LogP contribution in [0.1, 0.15) is 43.4 Å². The number of pyridine rings is 1. The Hall–Kier alpha value is -1.95. The normalized spacial score (nSPS) is 30.3. The molecule has 29 heavy (non-hydrogen) atoms. The van der Waals surface area contributed by atoms with Crippen molar-refractivity contribution in [3.05, 3.63) is 29.6 Å². The van der Waals surface area contributed by atoms with Crippen LogP contribution < -0.4 is 0 Å². The van der Waals surface area contributed by atoms with Crippen molar-refractivity contribution < 1.29 is 14.3 Å². The molecule has 3 aliphatic heterocycles. The molecule has 4 aliphatic rings. The van der Waals surface area contributed by atoms with Crippen molar-refractivity contribution in [3.8, 4) is 0 Å². The molecule has 0 radical (unpaired) electrons. The maximum absolute atomic E-state index is 13.2. The van der Waals surface area contributed by atoms with Crippen LogP contribution in [0.2, 0.25) is 0 Å². The SMILES string of the molecule is Cc1ccc(CC(=O)N2CCC3(CC3C(=O)N3CCC4(CCOCC4)C3)C2)cn1. The Labute approximate surface area is 172 Å². The molecule has 3 saturated heterocycles. The number of amides is 2. The van der Waals surface area contributed by atoms with E-state index in [0.29, 0.717) is 17.7 Å². The van der Waals surface area contributed by atoms with Crippen LogP contribution in [0.4, 0.5) is 0 Å². The number of hydrogen-bond donors (Lipinski definition) is 0. The molecule has 0 aromatic carbocycles. The third-order valence-corrected chi connectivity index (χ3v) is 7.86. The molecule has 6 nitrogen and oxygen atoms in total. The minimum Gasteiger partial charge on any atom is -0.381 e. The summed E-state index contributed by atoms with van der Waals surface area (Å²) in [6.07, 6.45) is 7.41. The maximum atomic E-state index is 13.2. The maximum Gasteiger partial charge on any atom is 0.227 e. The van der Waals surface area contributed by atoms with Gasteiger partial charge in [-0.2, -0.15) is 0 Å². The van der Waals surface area contributed by atoms with E-state index in [2.05, 4.69) is 9.88 Å². The molecule has 4 fully saturated rings. The predicted molar refractivity (Wildman–Crippen MR) is 108 cm³/mol. The zero-order valence-corrected chi connectivity index (χ0v) is 17.4. The van der Waals surface area contributed by atoms with Crippen molar-refractivity contribution in [2.75, 3.05) is 39.4 Å². The summed E-state index contributed by atoms with van der Waals surface area (Å²) in [6.45, 7) is 6.95. The Kier molecular flexibility index (Phi) is 4.65. The van der Waals surface area contributed by atoms with E-state index in [1.54, 1.807) is 6.20 Å². The highest BCUT2D eigenvalue weighted by Gasteiger charge is 2.62. The van der Waals surface area contributed by atoms with Crippen molar-refractivity contribution >= 4 is 11.8 Å². The molecular formula is C23H31N3O3. The monoisotopic (exact) mass is 397 g/mol. The van der Waals surface area contributed by atoms with E-state index in [0.717, 1.165) is 82.8 Å². The highest BCUT2D eigenvalue weighted by molar-refractivity contribution is 5.84. The van der Waals surface area contributed by atoms with Crippen LogP contribution >= 0.6 is 0 Å². The summed E-state index contributed by atoms with van der Waals surface area (Å²) in [7, 11) is 0. The van der Waals surface area contributed by atoms with Gasteiger partial charge in [-0.3, -0.25) is 14.6 Å². The lowest BCUT2D eigenvalue weighted by atomic mass is 9.80. The zero-order valence-electron chi connectivity index (χ0n) is 17.4. The number of likely N-dealkylation sites (tertiary alicyclic amines) is 2. The quantitative estimate of drug-likeness (QED) is 0.785. The summed E-state index contributed by atoms with van der Waals surface area (Å²) < 4.78 is 5.53. The van der Waals surface area contributed by atoms with Gasteiger partial charge in [0.05, 0.1) is 6.42 Å². The lowest BCUT2D eigenvalue weighted by molar-refractivity contribution is -0.134. The Bertz CT molecular complexity index is 802. The summed E-state index contributed by atoms with van der Waals surface area (Å²) in [5.41, 5.74) is 2.27. The first-order valence-corrected chi connectivity index (χ1v) is 11.0. The minimum absolute atomic E-state index is 0.0453. The van der Waals surface area contributed by atoms with E-state index < -0.39 is 0 Å². The molecule has 0 N–H and O–H groups in total. The third-order valence-electron chi connectivity index (χ3n) is 7.86. The van der Waals surface area contributed by atoms with Gasteiger partial charge in [0.1, 0.15) is 0 Å². The van der Waals surface area contributed by atoms with Crippen molar-refractivity contribution in [3.63, 3.8) is 0 Å². The summed E-state index contributed by atoms with van der Waals surface area (Å²) in [5, 5.41) is 0. The number of nitrogens with zero attached hydrogens (tertiary/aromatic N) is 3. The second kappa shape index (κ2) is 7.08. The number of rotatable bonds is 3. The Morgan fingerprint density at radius 2 is 1.90 bits per heavy atom. The van der Waals surface area contributed by atoms with E-state index in [4.69, 9.17) is 4.74 Å². The second-order valence-electron chi connectivity index (χ2n) is 9.79. The number of aromatic nitrogens is 1. The average Bonchev–Trinajstić information content (AvgIpc) is 3.04. The standard InChI is InChI=1S/C23H31N3O3/c1-17-2-3-18(14-24-17)12-20(27)25-9-5-23(16-25)13-19(23)21(28)26-8-4-22(15-26)6-10-29-11-7-22/h2-3,14,19H,4-13,15-16H2,1H3. The average molecular weight is 398 g/mol. The molecule has 5 rings (SSSR count). The number of carbonyl (C=O) groups is 2. The van der Waals surface area contributed by atoms with Gasteiger partial charge in [-0.15, -0.1) is 0 Å². The van der Waals surface area contributed by atoms with E-state index in [1.807, 2.05) is 24.0 Å². The molecule has 6 heteroatoms. The van der Waals surface area contributed by atoms with Crippen LogP contribution in [-0.2, 0) is 20.7 Å². The van der Waals surface area contributed by atoms with Crippen molar-refractivity contribution in [2.24, 2.45) is 16.7 Å². The first-order chi connectivity index (χ1) is 14.0. The Morgan fingerprint density at radius 3 is 2.66 bits per heavy atom. The summed E-state index contributed by atoms with van der Waals surface area (Å²) in [5.74, 6) is 0.620. The van der Waals surface area contributed by atoms with Crippen molar-refractivity contribution in [1.82, 2.24) is 14.8 Å². The number of ether oxygens (including phenoxy) is 1. The zero-order chi connectivity index (χ0) is 20.1. The molecular weight excluding hydrogens is 366 g/mol.